The van der Waals surface area contributed by atoms with Crippen molar-refractivity contribution in [2.24, 2.45) is 0 Å². The van der Waals surface area contributed by atoms with Crippen molar-refractivity contribution in [1.82, 2.24) is 9.55 Å². The lowest BCUT2D eigenvalue weighted by atomic mass is 10.2. The molecular formula is C9H11IN2O5. The molecule has 2 rings (SSSR count). The van der Waals surface area contributed by atoms with E-state index >= 15 is 0 Å². The normalized spacial score (nSPS) is 24.1. The first-order valence-electron chi connectivity index (χ1n) is 5.08. The molecule has 0 saturated carbocycles. The molecule has 1 aromatic heterocycles. The Hall–Kier alpha value is -0.710. The van der Waals surface area contributed by atoms with Crippen molar-refractivity contribution in [3.05, 3.63) is 33.1 Å². The number of H-pyrrole nitrogens is 1. The summed E-state index contributed by atoms with van der Waals surface area (Å²) in [6.07, 6.45) is 2.44. The second kappa shape index (κ2) is 5.76. The van der Waals surface area contributed by atoms with E-state index in [-0.39, 0.29) is 12.3 Å². The van der Waals surface area contributed by atoms with Gasteiger partial charge in [-0.2, -0.15) is 3.22 Å². The fourth-order valence-corrected chi connectivity index (χ4v) is 1.92. The molecular weight excluding hydrogens is 343 g/mol. The van der Waals surface area contributed by atoms with Gasteiger partial charge in [0.25, 0.3) is 5.56 Å². The van der Waals surface area contributed by atoms with Crippen molar-refractivity contribution in [1.29, 1.82) is 0 Å². The van der Waals surface area contributed by atoms with Gasteiger partial charge in [0.2, 0.25) is 0 Å². The molecule has 1 aliphatic rings. The van der Waals surface area contributed by atoms with Gasteiger partial charge in [0, 0.05) is 12.3 Å². The molecule has 2 atom stereocenters. The Labute approximate surface area is 110 Å². The first kappa shape index (κ1) is 12.7. The van der Waals surface area contributed by atoms with Crippen LogP contribution in [0.15, 0.2) is 21.9 Å². The number of nitrogens with zero attached hydrogens (tertiary/aromatic N) is 1. The quantitative estimate of drug-likeness (QED) is 0.484. The lowest BCUT2D eigenvalue weighted by Gasteiger charge is -2.14. The summed E-state index contributed by atoms with van der Waals surface area (Å²) in [6, 6.07) is 1.29. The molecule has 1 saturated heterocycles. The summed E-state index contributed by atoms with van der Waals surface area (Å²) in [4.78, 5) is 29.4. The van der Waals surface area contributed by atoms with E-state index in [0.717, 1.165) is 6.42 Å². The second-order valence-corrected chi connectivity index (χ2v) is 4.01. The monoisotopic (exact) mass is 354 g/mol. The molecule has 0 amide bonds. The smallest absolute Gasteiger partial charge is 0.330 e. The third-order valence-electron chi connectivity index (χ3n) is 2.55. The largest absolute Gasteiger partial charge is 0.352 e. The number of halogens is 1. The van der Waals surface area contributed by atoms with E-state index in [1.54, 1.807) is 23.0 Å². The van der Waals surface area contributed by atoms with Crippen LogP contribution in [0.1, 0.15) is 19.1 Å². The van der Waals surface area contributed by atoms with Crippen LogP contribution in [0.3, 0.4) is 0 Å². The van der Waals surface area contributed by atoms with E-state index in [9.17, 15) is 9.59 Å². The highest BCUT2D eigenvalue weighted by atomic mass is 127. The van der Waals surface area contributed by atoms with E-state index in [1.165, 1.54) is 16.8 Å². The molecule has 1 aliphatic heterocycles. The van der Waals surface area contributed by atoms with E-state index < -0.39 is 11.2 Å². The van der Waals surface area contributed by atoms with Crippen molar-refractivity contribution < 1.29 is 12.8 Å². The number of aromatic nitrogens is 2. The van der Waals surface area contributed by atoms with E-state index in [4.69, 9.17) is 9.62 Å². The molecule has 1 aromatic rings. The highest BCUT2D eigenvalue weighted by molar-refractivity contribution is 14.1. The zero-order valence-electron chi connectivity index (χ0n) is 8.80. The first-order chi connectivity index (χ1) is 8.20. The molecule has 17 heavy (non-hydrogen) atoms. The maximum atomic E-state index is 11.5. The van der Waals surface area contributed by atoms with Crippen LogP contribution in [0, 0.1) is 0 Å². The molecule has 0 radical (unpaired) electrons. The van der Waals surface area contributed by atoms with Crippen molar-refractivity contribution in [3.8, 4) is 0 Å². The molecule has 1 N–H and O–H groups in total. The number of nitrogens with one attached hydrogen (secondary N) is 1. The highest BCUT2D eigenvalue weighted by Crippen LogP contribution is 2.26. The van der Waals surface area contributed by atoms with Gasteiger partial charge in [-0.25, -0.2) is 9.68 Å². The molecule has 2 heterocycles. The molecule has 0 spiro atoms. The lowest BCUT2D eigenvalue weighted by Crippen LogP contribution is -2.31. The number of ether oxygens (including phenoxy) is 1. The Bertz CT molecular complexity index is 485. The Morgan fingerprint density at radius 2 is 2.35 bits per heavy atom. The van der Waals surface area contributed by atoms with Gasteiger partial charge in [-0.1, -0.05) is 0 Å². The number of rotatable bonds is 4. The molecule has 0 aromatic carbocycles. The summed E-state index contributed by atoms with van der Waals surface area (Å²) in [6.45, 7) is 0.317. The van der Waals surface area contributed by atoms with Crippen LogP contribution in [-0.2, 0) is 12.8 Å². The molecule has 8 heteroatoms. The zero-order chi connectivity index (χ0) is 12.3. The molecule has 2 unspecified atom stereocenters. The van der Waals surface area contributed by atoms with Crippen LogP contribution >= 0.6 is 23.0 Å². The van der Waals surface area contributed by atoms with Crippen molar-refractivity contribution >= 4 is 23.0 Å². The summed E-state index contributed by atoms with van der Waals surface area (Å²) in [5, 5.41) is 0. The topological polar surface area (TPSA) is 82.5 Å². The Balaban J connectivity index is 2.05. The predicted molar refractivity (Wildman–Crippen MR) is 65.5 cm³/mol. The van der Waals surface area contributed by atoms with Crippen molar-refractivity contribution in [2.75, 3.05) is 6.61 Å². The Morgan fingerprint density at radius 1 is 1.53 bits per heavy atom. The number of hydrogen-bond donors (Lipinski definition) is 1. The minimum absolute atomic E-state index is 0.103. The summed E-state index contributed by atoms with van der Waals surface area (Å²) in [7, 11) is 0. The van der Waals surface area contributed by atoms with Gasteiger partial charge >= 0.3 is 5.69 Å². The van der Waals surface area contributed by atoms with Crippen molar-refractivity contribution in [2.45, 2.75) is 25.2 Å². The predicted octanol–water partition coefficient (Wildman–Crippen LogP) is 0.512. The van der Waals surface area contributed by atoms with Gasteiger partial charge < -0.3 is 4.74 Å². The minimum atomic E-state index is -0.464. The van der Waals surface area contributed by atoms with Gasteiger partial charge in [-0.3, -0.25) is 14.3 Å². The van der Waals surface area contributed by atoms with Crippen LogP contribution in [0.4, 0.5) is 0 Å². The Kier molecular flexibility index (Phi) is 4.31. The second-order valence-electron chi connectivity index (χ2n) is 3.66. The lowest BCUT2D eigenvalue weighted by molar-refractivity contribution is -0.194. The molecule has 0 aliphatic carbocycles. The van der Waals surface area contributed by atoms with Crippen LogP contribution < -0.4 is 11.2 Å². The summed E-state index contributed by atoms with van der Waals surface area (Å²) in [5.41, 5.74) is -0.878. The van der Waals surface area contributed by atoms with Crippen LogP contribution in [0.2, 0.25) is 0 Å². The van der Waals surface area contributed by atoms with Gasteiger partial charge in [0.05, 0.1) is 6.10 Å². The molecule has 7 nitrogen and oxygen atoms in total. The van der Waals surface area contributed by atoms with E-state index in [0.29, 0.717) is 13.0 Å². The zero-order valence-corrected chi connectivity index (χ0v) is 11.0. The van der Waals surface area contributed by atoms with Crippen molar-refractivity contribution in [3.63, 3.8) is 0 Å². The molecule has 1 fully saturated rings. The SMILES string of the molecule is O=c1ccn(C2CCC(COOI)O2)c(=O)[nH]1. The van der Waals surface area contributed by atoms with Gasteiger partial charge in [-0.15, -0.1) is 0 Å². The summed E-state index contributed by atoms with van der Waals surface area (Å²) in [5.74, 6) is 0. The highest BCUT2D eigenvalue weighted by Gasteiger charge is 2.27. The van der Waals surface area contributed by atoms with E-state index in [2.05, 4.69) is 8.20 Å². The van der Waals surface area contributed by atoms with Crippen LogP contribution in [-0.4, -0.2) is 22.3 Å². The molecule has 94 valence electrons. The maximum absolute atomic E-state index is 11.5. The van der Waals surface area contributed by atoms with Crippen LogP contribution in [0.5, 0.6) is 0 Å². The third-order valence-corrected chi connectivity index (χ3v) is 2.80. The average Bonchev–Trinajstić information content (AvgIpc) is 2.75. The summed E-state index contributed by atoms with van der Waals surface area (Å²) < 4.78 is 11.4. The van der Waals surface area contributed by atoms with Gasteiger partial charge in [0.1, 0.15) is 12.8 Å². The summed E-state index contributed by atoms with van der Waals surface area (Å²) >= 11 is 1.63. The third kappa shape index (κ3) is 3.15. The fourth-order valence-electron chi connectivity index (χ4n) is 1.77. The minimum Gasteiger partial charge on any atom is -0.352 e. The van der Waals surface area contributed by atoms with E-state index in [1.807, 2.05) is 0 Å². The Morgan fingerprint density at radius 3 is 3.06 bits per heavy atom. The average molecular weight is 354 g/mol. The first-order valence-corrected chi connectivity index (χ1v) is 5.96. The standard InChI is InChI=1S/C9H11IN2O5/c10-17-15-5-6-1-2-8(16-6)12-4-3-7(13)11-9(12)14/h3-4,6,8H,1-2,5H2,(H,11,13,14). The van der Waals surface area contributed by atoms with Gasteiger partial charge in [-0.05, 0) is 12.8 Å². The van der Waals surface area contributed by atoms with Gasteiger partial charge in [0.15, 0.2) is 23.0 Å². The molecule has 0 bridgehead atoms. The number of hydrogen-bond acceptors (Lipinski definition) is 5. The maximum Gasteiger partial charge on any atom is 0.330 e. The fraction of sp³-hybridized carbons (Fsp3) is 0.556. The number of aromatic amines is 1. The van der Waals surface area contributed by atoms with Crippen LogP contribution in [0.25, 0.3) is 0 Å².